The van der Waals surface area contributed by atoms with Crippen molar-refractivity contribution >= 4 is 36.6 Å². The van der Waals surface area contributed by atoms with Crippen LogP contribution in [0.25, 0.3) is 67.3 Å². The Bertz CT molecular complexity index is 3830. The number of pyridine rings is 4. The number of alkyl halides is 3. The van der Waals surface area contributed by atoms with Crippen LogP contribution in [0.4, 0.5) is 13.2 Å². The Morgan fingerprint density at radius 1 is 0.457 bits per heavy atom. The molecular formula is C75H86F3Ir2N4O5SSi2-3. The van der Waals surface area contributed by atoms with Crippen LogP contribution >= 0.6 is 0 Å². The molecule has 2 radical (unpaired) electrons. The molecule has 0 spiro atoms. The third-order valence-electron chi connectivity index (χ3n) is 13.1. The van der Waals surface area contributed by atoms with Crippen molar-refractivity contribution in [2.75, 3.05) is 14.2 Å². The summed E-state index contributed by atoms with van der Waals surface area (Å²) in [6, 6.07) is 69.6. The number of benzene rings is 6. The van der Waals surface area contributed by atoms with E-state index in [4.69, 9.17) is 31.4 Å². The van der Waals surface area contributed by atoms with Crippen LogP contribution in [0.1, 0.15) is 58.2 Å². The largest absolute Gasteiger partial charge is 0.522 e. The summed E-state index contributed by atoms with van der Waals surface area (Å²) in [5.74, 6) is 1.33. The Morgan fingerprint density at radius 2 is 0.739 bits per heavy atom. The first kappa shape index (κ1) is 71.1. The van der Waals surface area contributed by atoms with Crippen molar-refractivity contribution in [3.05, 3.63) is 253 Å². The van der Waals surface area contributed by atoms with Gasteiger partial charge in [0, 0.05) is 104 Å². The van der Waals surface area contributed by atoms with E-state index in [1.165, 1.54) is 21.5 Å². The predicted molar refractivity (Wildman–Crippen MR) is 372 cm³/mol. The van der Waals surface area contributed by atoms with Gasteiger partial charge in [-0.3, -0.25) is 9.54 Å². The zero-order valence-electron chi connectivity index (χ0n) is 59.9. The molecule has 0 atom stereocenters. The van der Waals surface area contributed by atoms with E-state index in [2.05, 4.69) is 142 Å². The number of rotatable bonds is 12. The minimum atomic E-state index is -5.84. The number of hydrogen-bond donors (Lipinski definition) is 3. The molecule has 0 aliphatic heterocycles. The number of aryl methyl sites for hydroxylation is 2. The number of hydrogen-bond acceptors (Lipinski definition) is 8. The molecule has 0 amide bonds. The zero-order valence-corrected chi connectivity index (χ0v) is 61.5. The Labute approximate surface area is 583 Å². The molecule has 0 aliphatic rings. The van der Waals surface area contributed by atoms with Gasteiger partial charge < -0.3 is 25.2 Å². The quantitative estimate of drug-likeness (QED) is 0.0471. The fourth-order valence-electron chi connectivity index (χ4n) is 9.04. The van der Waals surface area contributed by atoms with Gasteiger partial charge in [0.05, 0.1) is 21.8 Å². The Balaban J connectivity index is 0.000000419. The number of nitrogens with zero attached hydrogens (tertiary/aromatic N) is 4. The Hall–Kier alpha value is -6.73. The molecule has 0 unspecified atom stereocenters. The van der Waals surface area contributed by atoms with Crippen LogP contribution in [-0.2, 0) is 63.2 Å². The molecule has 0 bridgehead atoms. The van der Waals surface area contributed by atoms with Gasteiger partial charge in [-0.1, -0.05) is 187 Å². The van der Waals surface area contributed by atoms with Gasteiger partial charge in [-0.15, -0.1) is 108 Å². The van der Waals surface area contributed by atoms with Crippen LogP contribution < -0.4 is 10.4 Å². The van der Waals surface area contributed by atoms with E-state index in [9.17, 15) is 13.2 Å². The molecule has 17 heteroatoms. The van der Waals surface area contributed by atoms with E-state index >= 15 is 0 Å². The molecule has 6 aromatic carbocycles. The minimum Gasteiger partial charge on any atom is -0.400 e. The summed E-state index contributed by atoms with van der Waals surface area (Å²) >= 11 is 0. The van der Waals surface area contributed by atoms with Crippen LogP contribution in [0.3, 0.4) is 0 Å². The summed E-state index contributed by atoms with van der Waals surface area (Å²) < 4.78 is 104. The monoisotopic (exact) mass is 1660 g/mol. The summed E-state index contributed by atoms with van der Waals surface area (Å²) in [4.78, 5) is 18.2. The molecule has 92 heavy (non-hydrogen) atoms. The number of aromatic nitrogens is 4. The van der Waals surface area contributed by atoms with Crippen LogP contribution in [0, 0.1) is 43.7 Å². The summed E-state index contributed by atoms with van der Waals surface area (Å²) in [5.41, 5.74) is 8.29. The second kappa shape index (κ2) is 39.7. The molecule has 0 aliphatic carbocycles. The Morgan fingerprint density at radius 3 is 1.02 bits per heavy atom. The van der Waals surface area contributed by atoms with Crippen LogP contribution in [-0.4, -0.2) is 79.0 Å². The van der Waals surface area contributed by atoms with Gasteiger partial charge in [-0.05, 0) is 94.2 Å². The van der Waals surface area contributed by atoms with Crippen molar-refractivity contribution in [2.45, 2.75) is 99.0 Å². The van der Waals surface area contributed by atoms with Crippen molar-refractivity contribution in [3.8, 4) is 67.3 Å². The second-order valence-corrected chi connectivity index (χ2v) is 34.7. The first-order chi connectivity index (χ1) is 45.1. The maximum atomic E-state index is 10.7. The number of aliphatic hydroxyl groups excluding tert-OH is 2. The molecule has 4 aromatic heterocycles. The van der Waals surface area contributed by atoms with Crippen LogP contribution in [0.15, 0.2) is 213 Å². The molecule has 3 N–H and O–H groups in total. The summed E-state index contributed by atoms with van der Waals surface area (Å²) in [5, 5.41) is 17.0. The van der Waals surface area contributed by atoms with Gasteiger partial charge in [0.25, 0.3) is 0 Å². The van der Waals surface area contributed by atoms with Crippen molar-refractivity contribution < 1.29 is 84.8 Å². The van der Waals surface area contributed by atoms with E-state index in [0.29, 0.717) is 45.5 Å². The zero-order chi connectivity index (χ0) is 71.7. The van der Waals surface area contributed by atoms with Crippen molar-refractivity contribution in [1.82, 2.24) is 19.9 Å². The van der Waals surface area contributed by atoms with Crippen LogP contribution in [0.5, 0.6) is 0 Å². The van der Waals surface area contributed by atoms with Gasteiger partial charge in [0.2, 0.25) is 0 Å². The van der Waals surface area contributed by atoms with E-state index in [-0.39, 0.29) is 40.2 Å². The molecule has 9 nitrogen and oxygen atoms in total. The molecular weight excluding hydrogens is 1570 g/mol. The van der Waals surface area contributed by atoms with Gasteiger partial charge >= 0.3 is 15.6 Å². The molecule has 10 aromatic rings. The Kier molecular flexibility index (Phi) is 30.7. The molecule has 4 heterocycles. The molecule has 492 valence electrons. The second-order valence-electron chi connectivity index (χ2n) is 23.2. The normalized spacial score (nSPS) is 12.0. The summed E-state index contributed by atoms with van der Waals surface area (Å²) in [6.45, 7) is 19.1. The maximum absolute atomic E-state index is 10.7. The summed E-state index contributed by atoms with van der Waals surface area (Å²) in [7, 11) is -6.52. The molecule has 10 rings (SSSR count). The van der Waals surface area contributed by atoms with E-state index in [0.717, 1.165) is 71.8 Å². The third kappa shape index (κ3) is 26.3. The topological polar surface area (TPSA) is 146 Å². The third-order valence-corrected chi connectivity index (χ3v) is 17.9. The maximum Gasteiger partial charge on any atom is 0.522 e. The molecule has 0 fully saturated rings. The number of aliphatic hydroxyl groups is 2. The first-order valence-corrected chi connectivity index (χ1v) is 37.6. The SMILES string of the molecule is CC(C)Cc1cc(-c2[c-]cccc2)ncc1[Si](C)(C)C.CC(C)Cc1cc(-c2[c-]cccc2)ncc1[Si](C)(C)C.CO.CO.O=S(=O)(O)C(F)(F)F.[2H]C([2H])([2H])c1cc(-c2[c-]cccc2)ncc1-c1ccccc1.[2H]C([2H])([2H])c1cc(-c2ccccc2)ncc1-c1ccccc1.[Ir].[Ir]. The van der Waals surface area contributed by atoms with E-state index in [1.807, 2.05) is 146 Å². The minimum absolute atomic E-state index is 0. The first-order valence-electron chi connectivity index (χ1n) is 32.1. The van der Waals surface area contributed by atoms with Gasteiger partial charge in [0.1, 0.15) is 0 Å². The van der Waals surface area contributed by atoms with Crippen molar-refractivity contribution in [2.24, 2.45) is 11.8 Å². The van der Waals surface area contributed by atoms with Gasteiger partial charge in [-0.2, -0.15) is 21.6 Å². The van der Waals surface area contributed by atoms with Crippen molar-refractivity contribution in [3.63, 3.8) is 0 Å². The smallest absolute Gasteiger partial charge is 0.400 e. The standard InChI is InChI=1S/2C18H24NSi.C18H15N.C18H14N.CHF3O3S.2CH4O.2Ir/c2*1-14(2)11-16-12-17(15-9-7-6-8-10-15)19-13-18(16)20(3,4)5;2*1-14-12-18(16-10-6-3-7-11-16)19-13-17(14)15-8-4-2-5-9-15;2-1(3,4)8(5,6)7;2*1-2;;/h2*6-9,12-14H,11H2,1-5H3;2-13H,1H3;2-10,12-13H,1H3;(H,5,6,7);2*2H,1H3;;/q2*-1;;-1;;;;;/i;;2*1D3;;;;;. The van der Waals surface area contributed by atoms with Gasteiger partial charge in [-0.25, -0.2) is 0 Å². The summed E-state index contributed by atoms with van der Waals surface area (Å²) in [6.07, 6.45) is 9.76. The fraction of sp³-hybridized carbons (Fsp3) is 0.253. The molecule has 0 saturated carbocycles. The van der Waals surface area contributed by atoms with Crippen molar-refractivity contribution in [1.29, 1.82) is 0 Å². The van der Waals surface area contributed by atoms with Crippen LogP contribution in [0.2, 0.25) is 39.3 Å². The predicted octanol–water partition coefficient (Wildman–Crippen LogP) is 17.4. The average molecular weight is 1660 g/mol. The molecule has 0 saturated heterocycles. The van der Waals surface area contributed by atoms with Gasteiger partial charge in [0.15, 0.2) is 0 Å². The van der Waals surface area contributed by atoms with E-state index in [1.54, 1.807) is 30.6 Å². The number of halogens is 3. The fourth-order valence-corrected chi connectivity index (χ4v) is 12.2. The van der Waals surface area contributed by atoms with E-state index < -0.39 is 45.5 Å². The average Bonchev–Trinajstić information content (AvgIpc) is 0.814.